The van der Waals surface area contributed by atoms with Crippen LogP contribution in [0.2, 0.25) is 5.02 Å². The van der Waals surface area contributed by atoms with Crippen molar-refractivity contribution in [1.29, 1.82) is 0 Å². The maximum Gasteiger partial charge on any atom is 0.253 e. The summed E-state index contributed by atoms with van der Waals surface area (Å²) < 4.78 is 0. The number of aryl methyl sites for hydroxylation is 1. The van der Waals surface area contributed by atoms with Crippen LogP contribution in [0, 0.1) is 0 Å². The van der Waals surface area contributed by atoms with Gasteiger partial charge in [-0.15, -0.1) is 0 Å². The summed E-state index contributed by atoms with van der Waals surface area (Å²) in [6.07, 6.45) is 2.87. The number of carbonyl (C=O) groups excluding carboxylic acids is 2. The first kappa shape index (κ1) is 18.0. The first-order chi connectivity index (χ1) is 12.5. The van der Waals surface area contributed by atoms with Crippen molar-refractivity contribution in [2.24, 2.45) is 0 Å². The van der Waals surface area contributed by atoms with Crippen LogP contribution in [0.4, 0.5) is 5.69 Å². The molecule has 2 amide bonds. The largest absolute Gasteiger partial charge is 0.361 e. The van der Waals surface area contributed by atoms with E-state index in [4.69, 9.17) is 11.6 Å². The van der Waals surface area contributed by atoms with Crippen molar-refractivity contribution < 1.29 is 9.59 Å². The van der Waals surface area contributed by atoms with E-state index in [0.29, 0.717) is 29.1 Å². The number of para-hydroxylation sites is 1. The Morgan fingerprint density at radius 1 is 1.15 bits per heavy atom. The number of amides is 2. The number of hydrogen-bond acceptors (Lipinski definition) is 2. The monoisotopic (exact) mass is 369 g/mol. The lowest BCUT2D eigenvalue weighted by molar-refractivity contribution is -0.116. The van der Waals surface area contributed by atoms with Gasteiger partial charge < -0.3 is 15.2 Å². The topological polar surface area (TPSA) is 65.2 Å². The van der Waals surface area contributed by atoms with Crippen LogP contribution in [0.25, 0.3) is 10.9 Å². The second-order valence-corrected chi connectivity index (χ2v) is 6.71. The molecule has 0 unspecified atom stereocenters. The van der Waals surface area contributed by atoms with Crippen LogP contribution in [0.15, 0.2) is 48.7 Å². The normalized spacial score (nSPS) is 10.7. The number of fused-ring (bicyclic) bond motifs is 1. The number of benzene rings is 2. The molecule has 2 N–H and O–H groups in total. The summed E-state index contributed by atoms with van der Waals surface area (Å²) in [7, 11) is 3.35. The molecule has 1 heterocycles. The first-order valence-corrected chi connectivity index (χ1v) is 8.69. The van der Waals surface area contributed by atoms with Gasteiger partial charge in [-0.1, -0.05) is 29.8 Å². The van der Waals surface area contributed by atoms with E-state index in [1.165, 1.54) is 4.90 Å². The third-order valence-electron chi connectivity index (χ3n) is 4.19. The number of halogens is 1. The summed E-state index contributed by atoms with van der Waals surface area (Å²) in [5.41, 5.74) is 3.08. The first-order valence-electron chi connectivity index (χ1n) is 8.32. The van der Waals surface area contributed by atoms with Crippen molar-refractivity contribution in [2.45, 2.75) is 12.8 Å². The van der Waals surface area contributed by atoms with Gasteiger partial charge in [-0.05, 0) is 36.2 Å². The molecule has 26 heavy (non-hydrogen) atoms. The zero-order valence-electron chi connectivity index (χ0n) is 14.7. The van der Waals surface area contributed by atoms with E-state index in [0.717, 1.165) is 16.5 Å². The third kappa shape index (κ3) is 3.89. The molecular formula is C20H20ClN3O2. The van der Waals surface area contributed by atoms with Crippen LogP contribution in [0.1, 0.15) is 22.3 Å². The van der Waals surface area contributed by atoms with Gasteiger partial charge in [0.05, 0.1) is 10.7 Å². The Labute approximate surface area is 157 Å². The highest BCUT2D eigenvalue weighted by atomic mass is 35.5. The van der Waals surface area contributed by atoms with Crippen LogP contribution in [-0.2, 0) is 11.2 Å². The van der Waals surface area contributed by atoms with Gasteiger partial charge in [-0.3, -0.25) is 9.59 Å². The predicted octanol–water partition coefficient (Wildman–Crippen LogP) is 4.09. The van der Waals surface area contributed by atoms with Gasteiger partial charge in [0.15, 0.2) is 0 Å². The fourth-order valence-corrected chi connectivity index (χ4v) is 2.98. The van der Waals surface area contributed by atoms with Crippen LogP contribution < -0.4 is 5.32 Å². The molecule has 5 nitrogen and oxygen atoms in total. The molecule has 0 aliphatic heterocycles. The van der Waals surface area contributed by atoms with Gasteiger partial charge in [0.1, 0.15) is 0 Å². The van der Waals surface area contributed by atoms with Gasteiger partial charge in [-0.2, -0.15) is 0 Å². The van der Waals surface area contributed by atoms with E-state index in [1.54, 1.807) is 32.3 Å². The van der Waals surface area contributed by atoms with Crippen molar-refractivity contribution in [3.05, 3.63) is 64.8 Å². The van der Waals surface area contributed by atoms with E-state index in [2.05, 4.69) is 10.3 Å². The Morgan fingerprint density at radius 3 is 2.69 bits per heavy atom. The van der Waals surface area contributed by atoms with Crippen LogP contribution in [0.3, 0.4) is 0 Å². The number of carbonyl (C=O) groups is 2. The van der Waals surface area contributed by atoms with E-state index in [1.807, 2.05) is 30.5 Å². The molecule has 134 valence electrons. The van der Waals surface area contributed by atoms with Crippen LogP contribution in [-0.4, -0.2) is 35.8 Å². The number of hydrogen-bond donors (Lipinski definition) is 2. The molecule has 0 saturated heterocycles. The van der Waals surface area contributed by atoms with E-state index in [9.17, 15) is 9.59 Å². The number of aromatic amines is 1. The average Bonchev–Trinajstić information content (AvgIpc) is 3.04. The number of nitrogens with zero attached hydrogens (tertiary/aromatic N) is 1. The fraction of sp³-hybridized carbons (Fsp3) is 0.200. The average molecular weight is 370 g/mol. The summed E-state index contributed by atoms with van der Waals surface area (Å²) in [5.74, 6) is -0.289. The molecule has 1 aromatic heterocycles. The minimum Gasteiger partial charge on any atom is -0.361 e. The second kappa shape index (κ2) is 7.62. The fourth-order valence-electron chi connectivity index (χ4n) is 2.81. The number of H-pyrrole nitrogens is 1. The zero-order valence-corrected chi connectivity index (χ0v) is 15.4. The summed E-state index contributed by atoms with van der Waals surface area (Å²) in [6.45, 7) is 0. The van der Waals surface area contributed by atoms with Crippen molar-refractivity contribution in [3.8, 4) is 0 Å². The Hall–Kier alpha value is -2.79. The molecule has 0 bridgehead atoms. The highest BCUT2D eigenvalue weighted by Gasteiger charge is 2.13. The minimum atomic E-state index is -0.147. The summed E-state index contributed by atoms with van der Waals surface area (Å²) in [4.78, 5) is 29.1. The van der Waals surface area contributed by atoms with Crippen molar-refractivity contribution in [2.75, 3.05) is 19.4 Å². The second-order valence-electron chi connectivity index (χ2n) is 6.30. The molecule has 2 aromatic carbocycles. The third-order valence-corrected chi connectivity index (χ3v) is 4.52. The quantitative estimate of drug-likeness (QED) is 0.711. The smallest absolute Gasteiger partial charge is 0.253 e. The van der Waals surface area contributed by atoms with Gasteiger partial charge in [-0.25, -0.2) is 0 Å². The Morgan fingerprint density at radius 2 is 1.92 bits per heavy atom. The van der Waals surface area contributed by atoms with Crippen molar-refractivity contribution in [3.63, 3.8) is 0 Å². The molecule has 0 fully saturated rings. The molecule has 0 aliphatic rings. The summed E-state index contributed by atoms with van der Waals surface area (Å²) in [5, 5.41) is 4.33. The Bertz CT molecular complexity index is 963. The van der Waals surface area contributed by atoms with Crippen LogP contribution in [0.5, 0.6) is 0 Å². The number of nitrogens with one attached hydrogen (secondary N) is 2. The predicted molar refractivity (Wildman–Crippen MR) is 105 cm³/mol. The standard InChI is InChI=1S/C20H20ClN3O2/c1-24(2)20(26)13-7-9-16(21)18(11-13)23-19(25)10-8-14-12-22-17-6-4-3-5-15(14)17/h3-7,9,11-12,22H,8,10H2,1-2H3,(H,23,25). The molecule has 3 rings (SSSR count). The lowest BCUT2D eigenvalue weighted by Gasteiger charge is -2.13. The summed E-state index contributed by atoms with van der Waals surface area (Å²) >= 11 is 6.16. The molecule has 0 atom stereocenters. The van der Waals surface area contributed by atoms with E-state index >= 15 is 0 Å². The maximum atomic E-state index is 12.3. The lowest BCUT2D eigenvalue weighted by atomic mass is 10.1. The van der Waals surface area contributed by atoms with Crippen LogP contribution >= 0.6 is 11.6 Å². The highest BCUT2D eigenvalue weighted by Crippen LogP contribution is 2.24. The van der Waals surface area contributed by atoms with Gasteiger partial charge >= 0.3 is 0 Å². The molecular weight excluding hydrogens is 350 g/mol. The van der Waals surface area contributed by atoms with E-state index in [-0.39, 0.29) is 11.8 Å². The Balaban J connectivity index is 1.68. The van der Waals surface area contributed by atoms with Gasteiger partial charge in [0, 0.05) is 43.2 Å². The number of anilines is 1. The molecule has 6 heteroatoms. The molecule has 0 spiro atoms. The number of aromatic nitrogens is 1. The van der Waals surface area contributed by atoms with Crippen molar-refractivity contribution >= 4 is 40.0 Å². The number of rotatable bonds is 5. The molecule has 3 aromatic rings. The molecule has 0 aliphatic carbocycles. The SMILES string of the molecule is CN(C)C(=O)c1ccc(Cl)c(NC(=O)CCc2c[nH]c3ccccc23)c1. The highest BCUT2D eigenvalue weighted by molar-refractivity contribution is 6.33. The van der Waals surface area contributed by atoms with Gasteiger partial charge in [0.25, 0.3) is 5.91 Å². The molecule has 0 radical (unpaired) electrons. The van der Waals surface area contributed by atoms with Crippen molar-refractivity contribution in [1.82, 2.24) is 9.88 Å². The Kier molecular flexibility index (Phi) is 5.28. The summed E-state index contributed by atoms with van der Waals surface area (Å²) in [6, 6.07) is 12.9. The maximum absolute atomic E-state index is 12.3. The van der Waals surface area contributed by atoms with E-state index < -0.39 is 0 Å². The minimum absolute atomic E-state index is 0.143. The lowest BCUT2D eigenvalue weighted by Crippen LogP contribution is -2.22. The molecule has 0 saturated carbocycles. The van der Waals surface area contributed by atoms with Gasteiger partial charge in [0.2, 0.25) is 5.91 Å². The zero-order chi connectivity index (χ0) is 18.7.